The highest BCUT2D eigenvalue weighted by atomic mass is 16.3. The van der Waals surface area contributed by atoms with Crippen molar-refractivity contribution in [3.63, 3.8) is 0 Å². The molecule has 6 aromatic carbocycles. The fourth-order valence-electron chi connectivity index (χ4n) is 7.93. The van der Waals surface area contributed by atoms with Crippen molar-refractivity contribution in [3.05, 3.63) is 170 Å². The van der Waals surface area contributed by atoms with E-state index in [-0.39, 0.29) is 0 Å². The Balaban J connectivity index is 1.05. The van der Waals surface area contributed by atoms with Crippen LogP contribution in [0.4, 0.5) is 0 Å². The Morgan fingerprint density at radius 1 is 0.412 bits per heavy atom. The second-order valence-corrected chi connectivity index (χ2v) is 13.1. The van der Waals surface area contributed by atoms with Gasteiger partial charge in [-0.25, -0.2) is 0 Å². The smallest absolute Gasteiger partial charge is 0.154 e. The molecule has 5 aromatic heterocycles. The van der Waals surface area contributed by atoms with E-state index in [0.29, 0.717) is 0 Å². The lowest BCUT2D eigenvalue weighted by molar-refractivity contribution is 0.669. The molecule has 5 heteroatoms. The lowest BCUT2D eigenvalue weighted by atomic mass is 10.0. The van der Waals surface area contributed by atoms with Crippen molar-refractivity contribution in [2.75, 3.05) is 0 Å². The minimum absolute atomic E-state index is 0.741. The molecule has 0 amide bonds. The van der Waals surface area contributed by atoms with Gasteiger partial charge >= 0.3 is 0 Å². The van der Waals surface area contributed by atoms with Crippen molar-refractivity contribution in [1.29, 1.82) is 0 Å². The van der Waals surface area contributed by atoms with Gasteiger partial charge in [0.15, 0.2) is 5.58 Å². The molecule has 0 saturated carbocycles. The third kappa shape index (κ3) is 4.15. The van der Waals surface area contributed by atoms with E-state index >= 15 is 0 Å². The van der Waals surface area contributed by atoms with Gasteiger partial charge in [0.2, 0.25) is 0 Å². The minimum Gasteiger partial charge on any atom is -0.454 e. The maximum absolute atomic E-state index is 6.68. The molecule has 238 valence electrons. The first-order chi connectivity index (χ1) is 25.3. The summed E-state index contributed by atoms with van der Waals surface area (Å²) in [6, 6.07) is 53.7. The predicted octanol–water partition coefficient (Wildman–Crippen LogP) is 11.9. The number of pyridine rings is 2. The van der Waals surface area contributed by atoms with E-state index in [2.05, 4.69) is 166 Å². The zero-order chi connectivity index (χ0) is 33.5. The van der Waals surface area contributed by atoms with Crippen LogP contribution < -0.4 is 0 Å². The molecule has 0 radical (unpaired) electrons. The third-order valence-corrected chi connectivity index (χ3v) is 10.2. The van der Waals surface area contributed by atoms with Gasteiger partial charge < -0.3 is 13.6 Å². The van der Waals surface area contributed by atoms with Crippen molar-refractivity contribution in [3.8, 4) is 33.6 Å². The number of benzene rings is 6. The highest BCUT2D eigenvalue weighted by Gasteiger charge is 2.19. The van der Waals surface area contributed by atoms with Crippen LogP contribution in [0.15, 0.2) is 175 Å². The van der Waals surface area contributed by atoms with Gasteiger partial charge in [0.05, 0.1) is 27.5 Å². The molecule has 5 nitrogen and oxygen atoms in total. The summed E-state index contributed by atoms with van der Waals surface area (Å²) in [6.07, 6.45) is 5.72. The monoisotopic (exact) mass is 652 g/mol. The average Bonchev–Trinajstić information content (AvgIpc) is 3.85. The number of nitrogens with zero attached hydrogens (tertiary/aromatic N) is 4. The molecule has 0 aliphatic heterocycles. The van der Waals surface area contributed by atoms with Crippen LogP contribution >= 0.6 is 0 Å². The largest absolute Gasteiger partial charge is 0.454 e. The topological polar surface area (TPSA) is 48.8 Å². The van der Waals surface area contributed by atoms with Crippen LogP contribution in [-0.4, -0.2) is 19.1 Å². The van der Waals surface area contributed by atoms with Crippen molar-refractivity contribution in [2.24, 2.45) is 0 Å². The summed E-state index contributed by atoms with van der Waals surface area (Å²) in [7, 11) is 0. The standard InChI is InChI=1S/C46H28N4O/c1-3-11-32(12-4-1)49-40-17-9-7-15-34(40)36-23-29(19-21-42(36)49)31-25-44-45(48-26-31)39-28-47-27-38(46(39)51-44)30-20-22-43-37(24-30)35-16-8-10-18-41(35)50(43)33-13-5-2-6-14-33/h1-28H. The first-order valence-electron chi connectivity index (χ1n) is 17.1. The second kappa shape index (κ2) is 10.8. The highest BCUT2D eigenvalue weighted by molar-refractivity contribution is 6.13. The van der Waals surface area contributed by atoms with Gasteiger partial charge in [0.1, 0.15) is 11.1 Å². The van der Waals surface area contributed by atoms with Crippen LogP contribution in [0.25, 0.3) is 99.3 Å². The van der Waals surface area contributed by atoms with Crippen molar-refractivity contribution < 1.29 is 4.42 Å². The lowest BCUT2D eigenvalue weighted by Crippen LogP contribution is -1.92. The Morgan fingerprint density at radius 3 is 1.61 bits per heavy atom. The molecule has 0 aliphatic carbocycles. The van der Waals surface area contributed by atoms with Gasteiger partial charge in [0, 0.05) is 62.6 Å². The van der Waals surface area contributed by atoms with Crippen LogP contribution in [-0.2, 0) is 0 Å². The van der Waals surface area contributed by atoms with Crippen LogP contribution in [0.2, 0.25) is 0 Å². The van der Waals surface area contributed by atoms with Crippen LogP contribution in [0.5, 0.6) is 0 Å². The summed E-state index contributed by atoms with van der Waals surface area (Å²) in [5.74, 6) is 0. The quantitative estimate of drug-likeness (QED) is 0.190. The van der Waals surface area contributed by atoms with Gasteiger partial charge in [-0.3, -0.25) is 9.97 Å². The first-order valence-corrected chi connectivity index (χ1v) is 17.1. The van der Waals surface area contributed by atoms with Crippen LogP contribution in [0.1, 0.15) is 0 Å². The zero-order valence-electron chi connectivity index (χ0n) is 27.4. The molecular formula is C46H28N4O. The molecule has 0 fully saturated rings. The Morgan fingerprint density at radius 2 is 0.961 bits per heavy atom. The first kappa shape index (κ1) is 27.9. The van der Waals surface area contributed by atoms with E-state index in [1.807, 2.05) is 18.6 Å². The zero-order valence-corrected chi connectivity index (χ0v) is 27.4. The molecule has 0 spiro atoms. The van der Waals surface area contributed by atoms with Crippen LogP contribution in [0, 0.1) is 0 Å². The predicted molar refractivity (Wildman–Crippen MR) is 209 cm³/mol. The number of furan rings is 1. The number of rotatable bonds is 4. The molecule has 5 heterocycles. The SMILES string of the molecule is c1ccc(-n2c3ccccc3c3cc(-c4cnc5c(c4)oc4c(-c6ccc7c(c6)c6ccccc6n7-c6ccccc6)cncc45)ccc32)cc1. The Labute approximate surface area is 292 Å². The van der Waals surface area contributed by atoms with Crippen LogP contribution in [0.3, 0.4) is 0 Å². The van der Waals surface area contributed by atoms with E-state index in [4.69, 9.17) is 9.40 Å². The maximum atomic E-state index is 6.68. The van der Waals surface area contributed by atoms with Crippen molar-refractivity contribution >= 4 is 65.7 Å². The molecule has 11 aromatic rings. The van der Waals surface area contributed by atoms with Gasteiger partial charge in [-0.2, -0.15) is 0 Å². The van der Waals surface area contributed by atoms with Crippen molar-refractivity contribution in [1.82, 2.24) is 19.1 Å². The van der Waals surface area contributed by atoms with Gasteiger partial charge in [-0.15, -0.1) is 0 Å². The number of para-hydroxylation sites is 4. The Kier molecular flexibility index (Phi) is 5.89. The van der Waals surface area contributed by atoms with E-state index < -0.39 is 0 Å². The second-order valence-electron chi connectivity index (χ2n) is 13.1. The van der Waals surface area contributed by atoms with E-state index in [1.165, 1.54) is 38.1 Å². The molecule has 0 saturated heterocycles. The molecule has 0 bridgehead atoms. The van der Waals surface area contributed by atoms with Gasteiger partial charge in [-0.05, 0) is 77.9 Å². The average molecular weight is 653 g/mol. The number of hydrogen-bond acceptors (Lipinski definition) is 3. The fourth-order valence-corrected chi connectivity index (χ4v) is 7.93. The molecule has 0 N–H and O–H groups in total. The minimum atomic E-state index is 0.741. The van der Waals surface area contributed by atoms with Gasteiger partial charge in [0.25, 0.3) is 0 Å². The van der Waals surface area contributed by atoms with Gasteiger partial charge in [-0.1, -0.05) is 84.9 Å². The number of hydrogen-bond donors (Lipinski definition) is 0. The normalized spacial score (nSPS) is 11.9. The molecular weight excluding hydrogens is 625 g/mol. The summed E-state index contributed by atoms with van der Waals surface area (Å²) < 4.78 is 11.3. The summed E-state index contributed by atoms with van der Waals surface area (Å²) in [6.45, 7) is 0. The molecule has 0 atom stereocenters. The molecule has 0 aliphatic rings. The number of fused-ring (bicyclic) bond motifs is 9. The molecule has 0 unspecified atom stereocenters. The molecule has 11 rings (SSSR count). The lowest BCUT2D eigenvalue weighted by Gasteiger charge is -2.08. The molecule has 51 heavy (non-hydrogen) atoms. The third-order valence-electron chi connectivity index (χ3n) is 10.2. The summed E-state index contributed by atoms with van der Waals surface area (Å²) in [5, 5.41) is 5.72. The Bertz CT molecular complexity index is 3130. The Hall–Kier alpha value is -6.98. The van der Waals surface area contributed by atoms with E-state index in [9.17, 15) is 0 Å². The van der Waals surface area contributed by atoms with E-state index in [1.54, 1.807) is 0 Å². The number of aromatic nitrogens is 4. The summed E-state index contributed by atoms with van der Waals surface area (Å²) >= 11 is 0. The summed E-state index contributed by atoms with van der Waals surface area (Å²) in [5.41, 5.74) is 13.4. The van der Waals surface area contributed by atoms with Crippen molar-refractivity contribution in [2.45, 2.75) is 0 Å². The fraction of sp³-hybridized carbons (Fsp3) is 0. The highest BCUT2D eigenvalue weighted by Crippen LogP contribution is 2.40. The maximum Gasteiger partial charge on any atom is 0.154 e. The van der Waals surface area contributed by atoms with E-state index in [0.717, 1.165) is 61.2 Å². The summed E-state index contributed by atoms with van der Waals surface area (Å²) in [4.78, 5) is 9.63.